The fraction of sp³-hybridized carbons (Fsp3) is 0.118. The van der Waals surface area contributed by atoms with Gasteiger partial charge in [-0.25, -0.2) is 9.18 Å². The number of carbonyl (C=O) groups excluding carboxylic acids is 1. The molecule has 0 aliphatic rings. The number of nitrogens with zero attached hydrogens (tertiary/aromatic N) is 3. The Morgan fingerprint density at radius 3 is 2.70 bits per heavy atom. The quantitative estimate of drug-likeness (QED) is 0.398. The predicted octanol–water partition coefficient (Wildman–Crippen LogP) is 3.18. The molecule has 1 aromatic heterocycles. The first-order valence-corrected chi connectivity index (χ1v) is 7.70. The molecule has 0 aliphatic heterocycles. The van der Waals surface area contributed by atoms with Crippen molar-refractivity contribution in [2.24, 2.45) is 0 Å². The molecule has 2 aromatic carbocycles. The van der Waals surface area contributed by atoms with Gasteiger partial charge in [-0.15, -0.1) is 0 Å². The summed E-state index contributed by atoms with van der Waals surface area (Å²) < 4.78 is 23.0. The number of ether oxygens (including phenoxy) is 1. The van der Waals surface area contributed by atoms with Gasteiger partial charge < -0.3 is 14.6 Å². The van der Waals surface area contributed by atoms with Gasteiger partial charge in [0.1, 0.15) is 5.82 Å². The summed E-state index contributed by atoms with van der Waals surface area (Å²) in [6, 6.07) is 9.28. The SMILES string of the molecule is CNc1ccc([N+](=O)[O-])cc1C(=O)OCc1nc(-c2ccc(F)cc2)no1. The van der Waals surface area contributed by atoms with Crippen LogP contribution in [-0.4, -0.2) is 28.1 Å². The highest BCUT2D eigenvalue weighted by atomic mass is 19.1. The molecular formula is C17H13FN4O5. The Morgan fingerprint density at radius 1 is 1.30 bits per heavy atom. The molecule has 138 valence electrons. The first-order chi connectivity index (χ1) is 13.0. The third-order valence-electron chi connectivity index (χ3n) is 3.60. The van der Waals surface area contributed by atoms with E-state index >= 15 is 0 Å². The highest BCUT2D eigenvalue weighted by Crippen LogP contribution is 2.23. The topological polar surface area (TPSA) is 120 Å². The second kappa shape index (κ2) is 7.60. The number of anilines is 1. The van der Waals surface area contributed by atoms with Gasteiger partial charge in [0.15, 0.2) is 6.61 Å². The van der Waals surface area contributed by atoms with Gasteiger partial charge in [-0.1, -0.05) is 5.16 Å². The summed E-state index contributed by atoms with van der Waals surface area (Å²) in [7, 11) is 1.57. The number of hydrogen-bond donors (Lipinski definition) is 1. The Labute approximate surface area is 151 Å². The molecule has 0 bridgehead atoms. The summed E-state index contributed by atoms with van der Waals surface area (Å²) in [5.41, 5.74) is 0.680. The number of hydrogen-bond acceptors (Lipinski definition) is 8. The molecule has 0 atom stereocenters. The number of benzene rings is 2. The second-order valence-electron chi connectivity index (χ2n) is 5.33. The fourth-order valence-electron chi connectivity index (χ4n) is 2.27. The summed E-state index contributed by atoms with van der Waals surface area (Å²) in [6.45, 7) is -0.321. The second-order valence-corrected chi connectivity index (χ2v) is 5.33. The molecular weight excluding hydrogens is 359 g/mol. The summed E-state index contributed by atoms with van der Waals surface area (Å²) >= 11 is 0. The molecule has 0 saturated heterocycles. The van der Waals surface area contributed by atoms with Gasteiger partial charge in [0.2, 0.25) is 5.82 Å². The molecule has 1 heterocycles. The van der Waals surface area contributed by atoms with Crippen molar-refractivity contribution in [3.05, 3.63) is 69.9 Å². The number of esters is 1. The summed E-state index contributed by atoms with van der Waals surface area (Å²) in [6.07, 6.45) is 0. The van der Waals surface area contributed by atoms with Gasteiger partial charge in [0.25, 0.3) is 11.6 Å². The monoisotopic (exact) mass is 372 g/mol. The van der Waals surface area contributed by atoms with Crippen LogP contribution < -0.4 is 5.32 Å². The number of aromatic nitrogens is 2. The zero-order chi connectivity index (χ0) is 19.4. The fourth-order valence-corrected chi connectivity index (χ4v) is 2.27. The number of halogens is 1. The van der Waals surface area contributed by atoms with Crippen LogP contribution in [0.3, 0.4) is 0 Å². The standard InChI is InChI=1S/C17H13FN4O5/c1-19-14-7-6-12(22(24)25)8-13(14)17(23)26-9-15-20-16(21-27-15)10-2-4-11(18)5-3-10/h2-8,19H,9H2,1H3. The van der Waals surface area contributed by atoms with Crippen molar-refractivity contribution in [1.29, 1.82) is 0 Å². The van der Waals surface area contributed by atoms with Crippen molar-refractivity contribution in [3.63, 3.8) is 0 Å². The van der Waals surface area contributed by atoms with Gasteiger partial charge in [0, 0.05) is 30.4 Å². The van der Waals surface area contributed by atoms with Gasteiger partial charge >= 0.3 is 5.97 Å². The van der Waals surface area contributed by atoms with E-state index in [1.54, 1.807) is 7.05 Å². The Kier molecular flexibility index (Phi) is 5.06. The maximum Gasteiger partial charge on any atom is 0.341 e. The van der Waals surface area contributed by atoms with E-state index in [-0.39, 0.29) is 29.6 Å². The van der Waals surface area contributed by atoms with E-state index in [1.165, 1.54) is 36.4 Å². The number of nitrogens with one attached hydrogen (secondary N) is 1. The van der Waals surface area contributed by atoms with Crippen molar-refractivity contribution in [2.45, 2.75) is 6.61 Å². The molecule has 0 spiro atoms. The van der Waals surface area contributed by atoms with Crippen LogP contribution in [0.1, 0.15) is 16.2 Å². The molecule has 1 N–H and O–H groups in total. The van der Waals surface area contributed by atoms with Gasteiger partial charge in [-0.3, -0.25) is 10.1 Å². The Bertz CT molecular complexity index is 987. The van der Waals surface area contributed by atoms with E-state index in [2.05, 4.69) is 15.5 Å². The average Bonchev–Trinajstić information content (AvgIpc) is 3.15. The third kappa shape index (κ3) is 4.06. The molecule has 27 heavy (non-hydrogen) atoms. The molecule has 3 aromatic rings. The zero-order valence-corrected chi connectivity index (χ0v) is 14.0. The summed E-state index contributed by atoms with van der Waals surface area (Å²) in [5.74, 6) is -0.940. The molecule has 0 fully saturated rings. The van der Waals surface area contributed by atoms with Crippen LogP contribution in [0, 0.1) is 15.9 Å². The molecule has 10 heteroatoms. The van der Waals surface area contributed by atoms with E-state index in [1.807, 2.05) is 0 Å². The molecule has 0 amide bonds. The lowest BCUT2D eigenvalue weighted by Gasteiger charge is -2.08. The highest BCUT2D eigenvalue weighted by Gasteiger charge is 2.19. The number of nitro groups is 1. The van der Waals surface area contributed by atoms with E-state index in [0.29, 0.717) is 11.3 Å². The lowest BCUT2D eigenvalue weighted by molar-refractivity contribution is -0.384. The molecule has 9 nitrogen and oxygen atoms in total. The van der Waals surface area contributed by atoms with Gasteiger partial charge in [-0.2, -0.15) is 4.98 Å². The third-order valence-corrected chi connectivity index (χ3v) is 3.60. The van der Waals surface area contributed by atoms with Crippen LogP contribution in [0.2, 0.25) is 0 Å². The molecule has 3 rings (SSSR count). The van der Waals surface area contributed by atoms with Crippen LogP contribution in [0.4, 0.5) is 15.8 Å². The molecule has 0 aliphatic carbocycles. The van der Waals surface area contributed by atoms with E-state index < -0.39 is 16.7 Å². The van der Waals surface area contributed by atoms with E-state index in [9.17, 15) is 19.3 Å². The molecule has 0 radical (unpaired) electrons. The van der Waals surface area contributed by atoms with Crippen molar-refractivity contribution >= 4 is 17.3 Å². The Hall–Kier alpha value is -3.82. The normalized spacial score (nSPS) is 10.4. The zero-order valence-electron chi connectivity index (χ0n) is 14.0. The van der Waals surface area contributed by atoms with Crippen LogP contribution in [0.25, 0.3) is 11.4 Å². The largest absolute Gasteiger partial charge is 0.452 e. The van der Waals surface area contributed by atoms with Crippen molar-refractivity contribution in [3.8, 4) is 11.4 Å². The predicted molar refractivity (Wildman–Crippen MR) is 91.5 cm³/mol. The molecule has 0 unspecified atom stereocenters. The minimum atomic E-state index is -0.787. The highest BCUT2D eigenvalue weighted by molar-refractivity contribution is 5.96. The van der Waals surface area contributed by atoms with Gasteiger partial charge in [-0.05, 0) is 30.3 Å². The van der Waals surface area contributed by atoms with E-state index in [0.717, 1.165) is 6.07 Å². The summed E-state index contributed by atoms with van der Waals surface area (Å²) in [5, 5.41) is 17.4. The van der Waals surface area contributed by atoms with Crippen molar-refractivity contribution in [2.75, 3.05) is 12.4 Å². The Morgan fingerprint density at radius 2 is 2.04 bits per heavy atom. The number of carbonyl (C=O) groups is 1. The van der Waals surface area contributed by atoms with Crippen LogP contribution in [-0.2, 0) is 11.3 Å². The van der Waals surface area contributed by atoms with Crippen molar-refractivity contribution in [1.82, 2.24) is 10.1 Å². The summed E-state index contributed by atoms with van der Waals surface area (Å²) in [4.78, 5) is 26.6. The lowest BCUT2D eigenvalue weighted by Crippen LogP contribution is -2.09. The van der Waals surface area contributed by atoms with Crippen molar-refractivity contribution < 1.29 is 23.4 Å². The maximum atomic E-state index is 12.9. The van der Waals surface area contributed by atoms with E-state index in [4.69, 9.17) is 9.26 Å². The lowest BCUT2D eigenvalue weighted by atomic mass is 10.1. The number of rotatable bonds is 6. The van der Waals surface area contributed by atoms with Crippen LogP contribution in [0.15, 0.2) is 47.0 Å². The number of non-ortho nitro benzene ring substituents is 1. The van der Waals surface area contributed by atoms with Crippen LogP contribution >= 0.6 is 0 Å². The minimum Gasteiger partial charge on any atom is -0.452 e. The Balaban J connectivity index is 1.72. The first-order valence-electron chi connectivity index (χ1n) is 7.70. The average molecular weight is 372 g/mol. The minimum absolute atomic E-state index is 0.00460. The maximum absolute atomic E-state index is 12.9. The first kappa shape index (κ1) is 18.0. The van der Waals surface area contributed by atoms with Crippen LogP contribution in [0.5, 0.6) is 0 Å². The van der Waals surface area contributed by atoms with Gasteiger partial charge in [0.05, 0.1) is 10.5 Å². The smallest absolute Gasteiger partial charge is 0.341 e. The molecule has 0 saturated carbocycles. The number of nitro benzene ring substituents is 1.